The smallest absolute Gasteiger partial charge is 0.234 e. The normalized spacial score (nSPS) is 10.5. The van der Waals surface area contributed by atoms with Gasteiger partial charge in [0.2, 0.25) is 5.91 Å². The van der Waals surface area contributed by atoms with Gasteiger partial charge in [-0.1, -0.05) is 23.9 Å². The molecule has 0 saturated carbocycles. The number of hydrogen-bond acceptors (Lipinski definition) is 8. The van der Waals surface area contributed by atoms with Crippen molar-refractivity contribution in [2.24, 2.45) is 7.05 Å². The van der Waals surface area contributed by atoms with Crippen molar-refractivity contribution in [3.63, 3.8) is 0 Å². The van der Waals surface area contributed by atoms with Crippen molar-refractivity contribution in [1.29, 1.82) is 0 Å². The predicted octanol–water partition coefficient (Wildman–Crippen LogP) is 0.366. The number of benzene rings is 1. The van der Waals surface area contributed by atoms with Crippen LogP contribution < -0.4 is 10.4 Å². The number of aromatic nitrogens is 5. The van der Waals surface area contributed by atoms with E-state index in [4.69, 9.17) is 0 Å². The van der Waals surface area contributed by atoms with Crippen molar-refractivity contribution in [3.05, 3.63) is 48.4 Å². The van der Waals surface area contributed by atoms with Crippen LogP contribution in [0.15, 0.2) is 48.0 Å². The molecule has 132 valence electrons. The fourth-order valence-corrected chi connectivity index (χ4v) is 2.84. The maximum absolute atomic E-state index is 12.1. The molecule has 9 nitrogen and oxygen atoms in total. The maximum atomic E-state index is 12.1. The number of thioether (sulfide) groups is 1. The molecule has 1 aromatic carbocycles. The number of nitrogens with zero attached hydrogens (tertiary/aromatic N) is 5. The lowest BCUT2D eigenvalue weighted by Gasteiger charge is -2.08. The van der Waals surface area contributed by atoms with Crippen molar-refractivity contribution in [1.82, 2.24) is 24.7 Å². The predicted molar refractivity (Wildman–Crippen MR) is 92.2 cm³/mol. The Morgan fingerprint density at radius 1 is 1.27 bits per heavy atom. The van der Waals surface area contributed by atoms with Gasteiger partial charge in [0, 0.05) is 25.1 Å². The molecule has 0 radical (unpaired) electrons. The summed E-state index contributed by atoms with van der Waals surface area (Å²) in [5, 5.41) is 22.1. The number of nitrogens with one attached hydrogen (secondary N) is 1. The van der Waals surface area contributed by atoms with Crippen molar-refractivity contribution >= 4 is 29.3 Å². The molecule has 3 aromatic rings. The first-order chi connectivity index (χ1) is 12.5. The molecule has 26 heavy (non-hydrogen) atoms. The van der Waals surface area contributed by atoms with E-state index in [2.05, 4.69) is 25.5 Å². The van der Waals surface area contributed by atoms with Crippen molar-refractivity contribution in [2.75, 3.05) is 11.1 Å². The number of carbonyl (C=O) groups is 2. The highest BCUT2D eigenvalue weighted by Crippen LogP contribution is 2.21. The molecule has 10 heteroatoms. The first-order valence-electron chi connectivity index (χ1n) is 7.44. The van der Waals surface area contributed by atoms with Gasteiger partial charge in [-0.15, -0.1) is 10.2 Å². The molecule has 0 spiro atoms. The van der Waals surface area contributed by atoms with Gasteiger partial charge in [0.05, 0.1) is 17.9 Å². The Morgan fingerprint density at radius 2 is 2.12 bits per heavy atom. The summed E-state index contributed by atoms with van der Waals surface area (Å²) in [6, 6.07) is 5.87. The van der Waals surface area contributed by atoms with E-state index in [-0.39, 0.29) is 17.2 Å². The summed E-state index contributed by atoms with van der Waals surface area (Å²) >= 11 is 1.20. The van der Waals surface area contributed by atoms with E-state index in [1.165, 1.54) is 30.0 Å². The minimum atomic E-state index is -1.30. The zero-order chi connectivity index (χ0) is 18.5. The molecule has 0 unspecified atom stereocenters. The van der Waals surface area contributed by atoms with Gasteiger partial charge in [-0.25, -0.2) is 4.98 Å². The molecule has 0 aliphatic carbocycles. The van der Waals surface area contributed by atoms with E-state index in [9.17, 15) is 14.7 Å². The third-order valence-corrected chi connectivity index (χ3v) is 4.36. The van der Waals surface area contributed by atoms with Crippen LogP contribution in [0.3, 0.4) is 0 Å². The molecule has 2 heterocycles. The Morgan fingerprint density at radius 3 is 2.85 bits per heavy atom. The monoisotopic (exact) mass is 369 g/mol. The van der Waals surface area contributed by atoms with Crippen molar-refractivity contribution in [3.8, 4) is 11.5 Å². The lowest BCUT2D eigenvalue weighted by atomic mass is 10.2. The van der Waals surface area contributed by atoms with E-state index in [1.54, 1.807) is 36.3 Å². The van der Waals surface area contributed by atoms with Gasteiger partial charge in [0.15, 0.2) is 11.0 Å². The van der Waals surface area contributed by atoms with Crippen LogP contribution in [0.5, 0.6) is 0 Å². The largest absolute Gasteiger partial charge is 0.545 e. The van der Waals surface area contributed by atoms with Gasteiger partial charge in [-0.2, -0.15) is 0 Å². The molecule has 2 aromatic heterocycles. The number of aromatic carboxylic acids is 1. The highest BCUT2D eigenvalue weighted by Gasteiger charge is 2.14. The third kappa shape index (κ3) is 4.03. The van der Waals surface area contributed by atoms with E-state index in [0.717, 1.165) is 0 Å². The third-order valence-electron chi connectivity index (χ3n) is 3.34. The number of carboxylic acids is 1. The summed E-state index contributed by atoms with van der Waals surface area (Å²) in [5.41, 5.74) is 0.964. The lowest BCUT2D eigenvalue weighted by molar-refractivity contribution is -0.255. The first kappa shape index (κ1) is 17.5. The van der Waals surface area contributed by atoms with E-state index >= 15 is 0 Å². The van der Waals surface area contributed by atoms with Crippen LogP contribution >= 0.6 is 11.8 Å². The first-order valence-corrected chi connectivity index (χ1v) is 8.43. The van der Waals surface area contributed by atoms with Crippen LogP contribution in [-0.4, -0.2) is 42.4 Å². The average Bonchev–Trinajstić information content (AvgIpc) is 3.01. The van der Waals surface area contributed by atoms with Crippen LogP contribution in [0.25, 0.3) is 11.5 Å². The maximum Gasteiger partial charge on any atom is 0.234 e. The summed E-state index contributed by atoms with van der Waals surface area (Å²) < 4.78 is 1.72. The van der Waals surface area contributed by atoms with Gasteiger partial charge < -0.3 is 19.8 Å². The molecule has 3 rings (SSSR count). The fraction of sp³-hybridized carbons (Fsp3) is 0.125. The summed E-state index contributed by atoms with van der Waals surface area (Å²) in [7, 11) is 1.77. The van der Waals surface area contributed by atoms with Gasteiger partial charge in [-0.05, 0) is 17.7 Å². The number of amides is 1. The van der Waals surface area contributed by atoms with Crippen molar-refractivity contribution < 1.29 is 14.7 Å². The van der Waals surface area contributed by atoms with Crippen LogP contribution in [0, 0.1) is 0 Å². The quantitative estimate of drug-likeness (QED) is 0.618. The van der Waals surface area contributed by atoms with Crippen LogP contribution in [0.2, 0.25) is 0 Å². The Labute approximate surface area is 152 Å². The number of anilines is 1. The van der Waals surface area contributed by atoms with E-state index in [1.807, 2.05) is 0 Å². The molecule has 0 fully saturated rings. The summed E-state index contributed by atoms with van der Waals surface area (Å²) in [6.45, 7) is 0. The van der Waals surface area contributed by atoms with Crippen LogP contribution in [0.4, 0.5) is 5.69 Å². The standard InChI is InChI=1S/C16H14N6O3S/c1-22-14(12-8-17-5-6-18-12)20-21-16(22)26-9-13(23)19-11-4-2-3-10(7-11)15(24)25/h2-8H,9H2,1H3,(H,19,23)(H,24,25)/p-1. The second-order valence-electron chi connectivity index (χ2n) is 5.16. The summed E-state index contributed by atoms with van der Waals surface area (Å²) in [4.78, 5) is 31.1. The topological polar surface area (TPSA) is 126 Å². The highest BCUT2D eigenvalue weighted by molar-refractivity contribution is 7.99. The van der Waals surface area contributed by atoms with Gasteiger partial charge in [0.25, 0.3) is 0 Å². The molecule has 1 amide bonds. The zero-order valence-electron chi connectivity index (χ0n) is 13.6. The fourth-order valence-electron chi connectivity index (χ4n) is 2.13. The second kappa shape index (κ2) is 7.74. The molecule has 0 bridgehead atoms. The number of rotatable bonds is 6. The second-order valence-corrected chi connectivity index (χ2v) is 6.10. The Balaban J connectivity index is 1.63. The lowest BCUT2D eigenvalue weighted by Crippen LogP contribution is -2.22. The Hall–Kier alpha value is -3.27. The van der Waals surface area contributed by atoms with Gasteiger partial charge in [0.1, 0.15) is 5.69 Å². The zero-order valence-corrected chi connectivity index (χ0v) is 14.4. The van der Waals surface area contributed by atoms with E-state index in [0.29, 0.717) is 22.4 Å². The van der Waals surface area contributed by atoms with Gasteiger partial charge >= 0.3 is 0 Å². The number of carbonyl (C=O) groups excluding carboxylic acids is 2. The summed E-state index contributed by atoms with van der Waals surface area (Å²) in [5.74, 6) is -0.967. The highest BCUT2D eigenvalue weighted by atomic mass is 32.2. The molecular weight excluding hydrogens is 356 g/mol. The number of carboxylic acid groups (broad SMARTS) is 1. The molecule has 0 saturated heterocycles. The summed E-state index contributed by atoms with van der Waals surface area (Å²) in [6.07, 6.45) is 4.70. The average molecular weight is 369 g/mol. The van der Waals surface area contributed by atoms with Crippen LogP contribution in [0.1, 0.15) is 10.4 Å². The Bertz CT molecular complexity index is 944. The molecule has 0 atom stereocenters. The van der Waals surface area contributed by atoms with Gasteiger partial charge in [-0.3, -0.25) is 9.78 Å². The van der Waals surface area contributed by atoms with E-state index < -0.39 is 5.97 Å². The SMILES string of the molecule is Cn1c(SCC(=O)Nc2cccc(C(=O)[O-])c2)nnc1-c1cnccn1. The Kier molecular flexibility index (Phi) is 5.23. The van der Waals surface area contributed by atoms with Crippen molar-refractivity contribution in [2.45, 2.75) is 5.16 Å². The minimum Gasteiger partial charge on any atom is -0.545 e. The minimum absolute atomic E-state index is 0.00244. The van der Waals surface area contributed by atoms with Crippen LogP contribution in [-0.2, 0) is 11.8 Å². The molecule has 0 aliphatic heterocycles. The molecule has 1 N–H and O–H groups in total. The molecular formula is C16H13N6O3S-. The molecule has 0 aliphatic rings. The number of hydrogen-bond donors (Lipinski definition) is 1.